The molecule has 0 unspecified atom stereocenters. The highest BCUT2D eigenvalue weighted by Gasteiger charge is 1.85. The Labute approximate surface area is 52.6 Å². The molecule has 0 aliphatic carbocycles. The Morgan fingerprint density at radius 1 is 1.56 bits per heavy atom. The van der Waals surface area contributed by atoms with Crippen molar-refractivity contribution in [3.8, 4) is 0 Å². The largest absolute Gasteiger partial charge is 0.495 e. The maximum atomic E-state index is 11.2. The molecule has 52 valence electrons. The molecule has 0 radical (unpaired) electrons. The van der Waals surface area contributed by atoms with Crippen LogP contribution in [0.1, 0.15) is 6.42 Å². The summed E-state index contributed by atoms with van der Waals surface area (Å²) in [6.45, 7) is 3.65. The zero-order chi connectivity index (χ0) is 7.11. The van der Waals surface area contributed by atoms with Crippen molar-refractivity contribution in [2.45, 2.75) is 6.42 Å². The van der Waals surface area contributed by atoms with Gasteiger partial charge in [0, 0.05) is 0 Å². The SMILES string of the molecule is C=CCCOC=C(F)F. The Morgan fingerprint density at radius 3 is 2.67 bits per heavy atom. The number of halogens is 2. The minimum atomic E-state index is -1.81. The van der Waals surface area contributed by atoms with Crippen molar-refractivity contribution in [3.63, 3.8) is 0 Å². The van der Waals surface area contributed by atoms with Gasteiger partial charge < -0.3 is 4.74 Å². The topological polar surface area (TPSA) is 9.23 Å². The van der Waals surface area contributed by atoms with Crippen molar-refractivity contribution >= 4 is 0 Å². The predicted octanol–water partition coefficient (Wildman–Crippen LogP) is 2.32. The van der Waals surface area contributed by atoms with Crippen molar-refractivity contribution in [2.75, 3.05) is 6.61 Å². The van der Waals surface area contributed by atoms with E-state index in [1.165, 1.54) is 0 Å². The minimum absolute atomic E-state index is 0.265. The lowest BCUT2D eigenvalue weighted by Gasteiger charge is -1.92. The summed E-state index contributed by atoms with van der Waals surface area (Å²) >= 11 is 0. The van der Waals surface area contributed by atoms with Crippen LogP contribution in [-0.4, -0.2) is 6.61 Å². The minimum Gasteiger partial charge on any atom is -0.495 e. The molecule has 0 bridgehead atoms. The van der Waals surface area contributed by atoms with Gasteiger partial charge in [-0.05, 0) is 6.42 Å². The van der Waals surface area contributed by atoms with Crippen LogP contribution >= 0.6 is 0 Å². The molecule has 0 N–H and O–H groups in total. The van der Waals surface area contributed by atoms with Crippen LogP contribution in [-0.2, 0) is 4.74 Å². The molecule has 3 heteroatoms. The summed E-state index contributed by atoms with van der Waals surface area (Å²) in [5.74, 6) is 0. The Balaban J connectivity index is 3.09. The van der Waals surface area contributed by atoms with Crippen molar-refractivity contribution in [1.82, 2.24) is 0 Å². The summed E-state index contributed by atoms with van der Waals surface area (Å²) < 4.78 is 26.7. The molecule has 0 aromatic rings. The molecule has 0 atom stereocenters. The van der Waals surface area contributed by atoms with Crippen LogP contribution in [0.25, 0.3) is 0 Å². The number of hydrogen-bond acceptors (Lipinski definition) is 1. The van der Waals surface area contributed by atoms with Gasteiger partial charge in [0.1, 0.15) is 6.26 Å². The Bertz CT molecular complexity index is 106. The van der Waals surface area contributed by atoms with Crippen LogP contribution in [0.15, 0.2) is 25.0 Å². The fraction of sp³-hybridized carbons (Fsp3) is 0.333. The normalized spacial score (nSPS) is 8.22. The third-order valence-electron chi connectivity index (χ3n) is 0.612. The van der Waals surface area contributed by atoms with E-state index in [0.29, 0.717) is 12.7 Å². The average Bonchev–Trinajstić information content (AvgIpc) is 1.80. The first kappa shape index (κ1) is 8.14. The molecule has 0 fully saturated rings. The lowest BCUT2D eigenvalue weighted by atomic mass is 10.5. The van der Waals surface area contributed by atoms with Gasteiger partial charge in [-0.1, -0.05) is 6.08 Å². The summed E-state index contributed by atoms with van der Waals surface area (Å²) in [5, 5.41) is 0. The van der Waals surface area contributed by atoms with Crippen molar-refractivity contribution < 1.29 is 13.5 Å². The third kappa shape index (κ3) is 7.14. The van der Waals surface area contributed by atoms with Gasteiger partial charge in [-0.2, -0.15) is 8.78 Å². The van der Waals surface area contributed by atoms with Crippen molar-refractivity contribution in [2.24, 2.45) is 0 Å². The standard InChI is InChI=1S/C6H8F2O/c1-2-3-4-9-5-6(7)8/h2,5H,1,3-4H2. The first-order valence-corrected chi connectivity index (χ1v) is 2.51. The Morgan fingerprint density at radius 2 is 2.22 bits per heavy atom. The second-order valence-electron chi connectivity index (χ2n) is 1.36. The molecule has 0 rings (SSSR count). The molecule has 0 saturated heterocycles. The Hall–Kier alpha value is -0.860. The quantitative estimate of drug-likeness (QED) is 0.325. The lowest BCUT2D eigenvalue weighted by Crippen LogP contribution is -1.83. The molecule has 1 nitrogen and oxygen atoms in total. The van der Waals surface area contributed by atoms with E-state index in [4.69, 9.17) is 0 Å². The molecule has 0 spiro atoms. The van der Waals surface area contributed by atoms with E-state index in [0.717, 1.165) is 0 Å². The fourth-order valence-corrected chi connectivity index (χ4v) is 0.273. The van der Waals surface area contributed by atoms with Gasteiger partial charge >= 0.3 is 6.08 Å². The van der Waals surface area contributed by atoms with Gasteiger partial charge in [0.25, 0.3) is 0 Å². The highest BCUT2D eigenvalue weighted by atomic mass is 19.3. The highest BCUT2D eigenvalue weighted by Crippen LogP contribution is 1.96. The summed E-state index contributed by atoms with van der Waals surface area (Å²) in [7, 11) is 0. The molecule has 0 aliphatic rings. The maximum absolute atomic E-state index is 11.2. The zero-order valence-electron chi connectivity index (χ0n) is 4.94. The van der Waals surface area contributed by atoms with E-state index >= 15 is 0 Å². The molecular weight excluding hydrogens is 126 g/mol. The molecule has 0 aliphatic heterocycles. The first-order valence-electron chi connectivity index (χ1n) is 2.51. The molecule has 9 heavy (non-hydrogen) atoms. The van der Waals surface area contributed by atoms with Crippen LogP contribution in [0.5, 0.6) is 0 Å². The summed E-state index contributed by atoms with van der Waals surface area (Å²) in [6.07, 6.45) is 0.816. The van der Waals surface area contributed by atoms with Crippen molar-refractivity contribution in [3.05, 3.63) is 25.0 Å². The lowest BCUT2D eigenvalue weighted by molar-refractivity contribution is 0.230. The first-order chi connectivity index (χ1) is 4.27. The number of hydrogen-bond donors (Lipinski definition) is 0. The fourth-order valence-electron chi connectivity index (χ4n) is 0.273. The summed E-state index contributed by atoms with van der Waals surface area (Å²) in [6, 6.07) is 0. The monoisotopic (exact) mass is 134 g/mol. The molecule has 0 heterocycles. The van der Waals surface area contributed by atoms with Gasteiger partial charge in [0.15, 0.2) is 0 Å². The second-order valence-corrected chi connectivity index (χ2v) is 1.36. The van der Waals surface area contributed by atoms with E-state index in [-0.39, 0.29) is 6.61 Å². The van der Waals surface area contributed by atoms with E-state index in [1.807, 2.05) is 0 Å². The van der Waals surface area contributed by atoms with Crippen LogP contribution in [0.3, 0.4) is 0 Å². The maximum Gasteiger partial charge on any atom is 0.304 e. The number of rotatable bonds is 4. The molecule has 0 aromatic heterocycles. The van der Waals surface area contributed by atoms with E-state index < -0.39 is 6.08 Å². The second kappa shape index (κ2) is 5.28. The van der Waals surface area contributed by atoms with Crippen molar-refractivity contribution in [1.29, 1.82) is 0 Å². The molecular formula is C6H8F2O. The van der Waals surface area contributed by atoms with Crippen LogP contribution < -0.4 is 0 Å². The van der Waals surface area contributed by atoms with Crippen LogP contribution in [0.2, 0.25) is 0 Å². The summed E-state index contributed by atoms with van der Waals surface area (Å²) in [5.41, 5.74) is 0. The highest BCUT2D eigenvalue weighted by molar-refractivity contribution is 4.71. The average molecular weight is 134 g/mol. The van der Waals surface area contributed by atoms with Gasteiger partial charge in [-0.25, -0.2) is 0 Å². The van der Waals surface area contributed by atoms with E-state index in [2.05, 4.69) is 11.3 Å². The molecule has 0 aromatic carbocycles. The van der Waals surface area contributed by atoms with Gasteiger partial charge in [0.2, 0.25) is 0 Å². The van der Waals surface area contributed by atoms with Crippen LogP contribution in [0, 0.1) is 0 Å². The van der Waals surface area contributed by atoms with Crippen LogP contribution in [0.4, 0.5) is 8.78 Å². The zero-order valence-corrected chi connectivity index (χ0v) is 4.94. The smallest absolute Gasteiger partial charge is 0.304 e. The number of ether oxygens (including phenoxy) is 1. The van der Waals surface area contributed by atoms with Gasteiger partial charge in [-0.15, -0.1) is 6.58 Å². The predicted molar refractivity (Wildman–Crippen MR) is 31.1 cm³/mol. The third-order valence-corrected chi connectivity index (χ3v) is 0.612. The Kier molecular flexibility index (Phi) is 4.78. The van der Waals surface area contributed by atoms with Gasteiger partial charge in [0.05, 0.1) is 6.61 Å². The van der Waals surface area contributed by atoms with Gasteiger partial charge in [-0.3, -0.25) is 0 Å². The molecule has 0 amide bonds. The van der Waals surface area contributed by atoms with E-state index in [9.17, 15) is 8.78 Å². The summed E-state index contributed by atoms with van der Waals surface area (Å²) in [4.78, 5) is 0. The molecule has 0 saturated carbocycles. The van der Waals surface area contributed by atoms with E-state index in [1.54, 1.807) is 6.08 Å².